The molecule has 1 aromatic carbocycles. The molecule has 0 bridgehead atoms. The summed E-state index contributed by atoms with van der Waals surface area (Å²) in [6, 6.07) is 8.51. The van der Waals surface area contributed by atoms with Crippen molar-refractivity contribution in [3.63, 3.8) is 0 Å². The Morgan fingerprint density at radius 3 is 2.73 bits per heavy atom. The van der Waals surface area contributed by atoms with Gasteiger partial charge in [0.1, 0.15) is 0 Å². The monoisotopic (exact) mass is 268 g/mol. The van der Waals surface area contributed by atoms with Crippen LogP contribution in [0.4, 0.5) is 5.69 Å². The molecule has 15 heavy (non-hydrogen) atoms. The van der Waals surface area contributed by atoms with Gasteiger partial charge in [-0.05, 0) is 49.7 Å². The van der Waals surface area contributed by atoms with Crippen molar-refractivity contribution in [2.75, 3.05) is 31.6 Å². The molecule has 3 heteroatoms. The highest BCUT2D eigenvalue weighted by molar-refractivity contribution is 9.10. The van der Waals surface area contributed by atoms with Crippen molar-refractivity contribution in [3.8, 4) is 0 Å². The van der Waals surface area contributed by atoms with E-state index in [0.717, 1.165) is 16.9 Å². The Balaban J connectivity index is 1.94. The van der Waals surface area contributed by atoms with Crippen LogP contribution in [0.2, 0.25) is 0 Å². The molecule has 1 unspecified atom stereocenters. The Hall–Kier alpha value is -0.540. The molecular formula is C12H17BrN2. The van der Waals surface area contributed by atoms with Gasteiger partial charge >= 0.3 is 0 Å². The van der Waals surface area contributed by atoms with Crippen LogP contribution >= 0.6 is 15.9 Å². The van der Waals surface area contributed by atoms with Gasteiger partial charge < -0.3 is 10.2 Å². The highest BCUT2D eigenvalue weighted by atomic mass is 79.9. The summed E-state index contributed by atoms with van der Waals surface area (Å²) in [7, 11) is 2.17. The zero-order chi connectivity index (χ0) is 10.7. The van der Waals surface area contributed by atoms with Crippen molar-refractivity contribution in [2.24, 2.45) is 5.92 Å². The molecule has 82 valence electrons. The largest absolute Gasteiger partial charge is 0.374 e. The van der Waals surface area contributed by atoms with E-state index in [0.29, 0.717) is 0 Å². The zero-order valence-corrected chi connectivity index (χ0v) is 10.6. The van der Waals surface area contributed by atoms with Crippen LogP contribution in [-0.2, 0) is 0 Å². The number of hydrogen-bond donors (Lipinski definition) is 1. The third kappa shape index (κ3) is 2.95. The minimum atomic E-state index is 0.804. The zero-order valence-electron chi connectivity index (χ0n) is 9.04. The number of anilines is 1. The van der Waals surface area contributed by atoms with Crippen molar-refractivity contribution in [1.82, 2.24) is 5.32 Å². The summed E-state index contributed by atoms with van der Waals surface area (Å²) in [5.41, 5.74) is 1.30. The molecule has 1 aromatic rings. The van der Waals surface area contributed by atoms with E-state index in [2.05, 4.69) is 57.5 Å². The van der Waals surface area contributed by atoms with Crippen LogP contribution in [-0.4, -0.2) is 26.7 Å². The summed E-state index contributed by atoms with van der Waals surface area (Å²) in [5, 5.41) is 3.40. The first-order chi connectivity index (χ1) is 7.25. The Morgan fingerprint density at radius 2 is 2.13 bits per heavy atom. The van der Waals surface area contributed by atoms with Gasteiger partial charge in [-0.2, -0.15) is 0 Å². The van der Waals surface area contributed by atoms with Crippen LogP contribution in [0.3, 0.4) is 0 Å². The molecule has 0 aromatic heterocycles. The summed E-state index contributed by atoms with van der Waals surface area (Å²) in [4.78, 5) is 2.34. The molecule has 0 radical (unpaired) electrons. The van der Waals surface area contributed by atoms with E-state index >= 15 is 0 Å². The van der Waals surface area contributed by atoms with Gasteiger partial charge in [-0.1, -0.05) is 15.9 Å². The standard InChI is InChI=1S/C12H17BrN2/c1-15(9-10-6-7-14-8-10)12-4-2-11(13)3-5-12/h2-5,10,14H,6-9H2,1H3. The van der Waals surface area contributed by atoms with Crippen molar-refractivity contribution in [3.05, 3.63) is 28.7 Å². The number of benzene rings is 1. The van der Waals surface area contributed by atoms with E-state index in [-0.39, 0.29) is 0 Å². The highest BCUT2D eigenvalue weighted by Gasteiger charge is 2.16. The van der Waals surface area contributed by atoms with Gasteiger partial charge in [-0.3, -0.25) is 0 Å². The smallest absolute Gasteiger partial charge is 0.0364 e. The third-order valence-electron chi connectivity index (χ3n) is 2.96. The highest BCUT2D eigenvalue weighted by Crippen LogP contribution is 2.19. The number of nitrogens with one attached hydrogen (secondary N) is 1. The minimum absolute atomic E-state index is 0.804. The second kappa shape index (κ2) is 4.99. The molecule has 1 aliphatic rings. The molecule has 1 fully saturated rings. The van der Waals surface area contributed by atoms with Gasteiger partial charge in [0.2, 0.25) is 0 Å². The van der Waals surface area contributed by atoms with Gasteiger partial charge in [0, 0.05) is 23.8 Å². The van der Waals surface area contributed by atoms with E-state index in [1.807, 2.05) is 0 Å². The number of halogens is 1. The van der Waals surface area contributed by atoms with Crippen molar-refractivity contribution in [2.45, 2.75) is 6.42 Å². The van der Waals surface area contributed by atoms with Crippen molar-refractivity contribution >= 4 is 21.6 Å². The minimum Gasteiger partial charge on any atom is -0.374 e. The Labute approximate surface area is 99.8 Å². The van der Waals surface area contributed by atoms with Gasteiger partial charge in [-0.25, -0.2) is 0 Å². The quantitative estimate of drug-likeness (QED) is 0.907. The third-order valence-corrected chi connectivity index (χ3v) is 3.49. The summed E-state index contributed by atoms with van der Waals surface area (Å²) in [6.45, 7) is 3.49. The molecule has 0 spiro atoms. The lowest BCUT2D eigenvalue weighted by Crippen LogP contribution is -2.26. The maximum Gasteiger partial charge on any atom is 0.0364 e. The SMILES string of the molecule is CN(CC1CCNC1)c1ccc(Br)cc1. The van der Waals surface area contributed by atoms with Crippen LogP contribution in [0.25, 0.3) is 0 Å². The summed E-state index contributed by atoms with van der Waals surface area (Å²) in [6.07, 6.45) is 1.31. The van der Waals surface area contributed by atoms with E-state index in [1.54, 1.807) is 0 Å². The lowest BCUT2D eigenvalue weighted by atomic mass is 10.1. The van der Waals surface area contributed by atoms with Gasteiger partial charge in [-0.15, -0.1) is 0 Å². The second-order valence-corrected chi connectivity index (χ2v) is 5.13. The Morgan fingerprint density at radius 1 is 1.40 bits per heavy atom. The fourth-order valence-corrected chi connectivity index (χ4v) is 2.32. The molecule has 1 aliphatic heterocycles. The summed E-state index contributed by atoms with van der Waals surface area (Å²) >= 11 is 3.45. The molecule has 2 rings (SSSR count). The first-order valence-electron chi connectivity index (χ1n) is 5.43. The topological polar surface area (TPSA) is 15.3 Å². The molecule has 1 saturated heterocycles. The predicted octanol–water partition coefficient (Wildman–Crippen LogP) is 2.49. The van der Waals surface area contributed by atoms with Gasteiger partial charge in [0.05, 0.1) is 0 Å². The van der Waals surface area contributed by atoms with Crippen LogP contribution < -0.4 is 10.2 Å². The van der Waals surface area contributed by atoms with Crippen molar-refractivity contribution < 1.29 is 0 Å². The lowest BCUT2D eigenvalue weighted by molar-refractivity contribution is 0.578. The Bertz CT molecular complexity index is 304. The fraction of sp³-hybridized carbons (Fsp3) is 0.500. The average molecular weight is 269 g/mol. The second-order valence-electron chi connectivity index (χ2n) is 4.22. The summed E-state index contributed by atoms with van der Waals surface area (Å²) in [5.74, 6) is 0.804. The molecule has 1 atom stereocenters. The van der Waals surface area contributed by atoms with E-state index in [9.17, 15) is 0 Å². The first-order valence-corrected chi connectivity index (χ1v) is 6.22. The summed E-state index contributed by atoms with van der Waals surface area (Å²) < 4.78 is 1.14. The van der Waals surface area contributed by atoms with Crippen LogP contribution in [0, 0.1) is 5.92 Å². The molecule has 0 aliphatic carbocycles. The predicted molar refractivity (Wildman–Crippen MR) is 68.4 cm³/mol. The van der Waals surface area contributed by atoms with E-state index in [1.165, 1.54) is 25.2 Å². The van der Waals surface area contributed by atoms with Gasteiger partial charge in [0.25, 0.3) is 0 Å². The number of hydrogen-bond acceptors (Lipinski definition) is 2. The molecule has 1 N–H and O–H groups in total. The molecule has 1 heterocycles. The van der Waals surface area contributed by atoms with E-state index < -0.39 is 0 Å². The Kier molecular flexibility index (Phi) is 3.65. The molecule has 0 saturated carbocycles. The molecule has 2 nitrogen and oxygen atoms in total. The van der Waals surface area contributed by atoms with Crippen molar-refractivity contribution in [1.29, 1.82) is 0 Å². The molecular weight excluding hydrogens is 252 g/mol. The van der Waals surface area contributed by atoms with E-state index in [4.69, 9.17) is 0 Å². The number of nitrogens with zero attached hydrogens (tertiary/aromatic N) is 1. The van der Waals surface area contributed by atoms with Crippen LogP contribution in [0.1, 0.15) is 6.42 Å². The first kappa shape index (κ1) is 11.0. The maximum absolute atomic E-state index is 3.45. The molecule has 0 amide bonds. The van der Waals surface area contributed by atoms with Crippen LogP contribution in [0.15, 0.2) is 28.7 Å². The average Bonchev–Trinajstić information content (AvgIpc) is 2.71. The maximum atomic E-state index is 3.45. The lowest BCUT2D eigenvalue weighted by Gasteiger charge is -2.22. The van der Waals surface area contributed by atoms with Crippen LogP contribution in [0.5, 0.6) is 0 Å². The number of rotatable bonds is 3. The normalized spacial score (nSPS) is 20.5. The fourth-order valence-electron chi connectivity index (χ4n) is 2.06. The van der Waals surface area contributed by atoms with Gasteiger partial charge in [0.15, 0.2) is 0 Å².